The molecule has 0 amide bonds. The van der Waals surface area contributed by atoms with Gasteiger partial charge in [0.15, 0.2) is 9.84 Å². The van der Waals surface area contributed by atoms with E-state index < -0.39 is 19.9 Å². The van der Waals surface area contributed by atoms with Crippen LogP contribution in [0.25, 0.3) is 0 Å². The maximum Gasteiger partial charge on any atom is 0.243 e. The van der Waals surface area contributed by atoms with Crippen LogP contribution >= 0.6 is 0 Å². The Morgan fingerprint density at radius 3 is 2.44 bits per heavy atom. The molecule has 1 aromatic heterocycles. The van der Waals surface area contributed by atoms with Crippen molar-refractivity contribution < 1.29 is 21.6 Å². The van der Waals surface area contributed by atoms with Gasteiger partial charge in [0.2, 0.25) is 10.0 Å². The van der Waals surface area contributed by atoms with E-state index in [-0.39, 0.29) is 22.3 Å². The van der Waals surface area contributed by atoms with Crippen LogP contribution in [0.2, 0.25) is 0 Å². The van der Waals surface area contributed by atoms with Crippen molar-refractivity contribution in [3.05, 3.63) is 48.3 Å². The highest BCUT2D eigenvalue weighted by molar-refractivity contribution is 7.90. The highest BCUT2D eigenvalue weighted by atomic mass is 32.2. The van der Waals surface area contributed by atoms with Gasteiger partial charge in [-0.2, -0.15) is 4.31 Å². The Bertz CT molecular complexity index is 1020. The molecule has 2 aromatic rings. The highest BCUT2D eigenvalue weighted by Crippen LogP contribution is 2.32. The van der Waals surface area contributed by atoms with Crippen LogP contribution < -0.4 is 4.74 Å². The molecule has 9 heteroatoms. The number of sulfone groups is 1. The van der Waals surface area contributed by atoms with Crippen molar-refractivity contribution in [3.63, 3.8) is 0 Å². The molecule has 7 nitrogen and oxygen atoms in total. The third-order valence-corrected chi connectivity index (χ3v) is 7.69. The number of ether oxygens (including phenoxy) is 1. The Morgan fingerprint density at radius 1 is 1.11 bits per heavy atom. The fourth-order valence-electron chi connectivity index (χ4n) is 3.30. The number of hydrogen-bond acceptors (Lipinski definition) is 6. The van der Waals surface area contributed by atoms with Crippen LogP contribution in [-0.4, -0.2) is 52.6 Å². The Kier molecular flexibility index (Phi) is 5.55. The van der Waals surface area contributed by atoms with Gasteiger partial charge < -0.3 is 4.74 Å². The molecular weight excluding hydrogens is 388 g/mol. The molecule has 2 heterocycles. The number of rotatable bonds is 5. The first-order chi connectivity index (χ1) is 12.7. The van der Waals surface area contributed by atoms with Crippen LogP contribution in [0.15, 0.2) is 52.4 Å². The predicted molar refractivity (Wildman–Crippen MR) is 101 cm³/mol. The lowest BCUT2D eigenvalue weighted by atomic mass is 9.95. The zero-order valence-corrected chi connectivity index (χ0v) is 16.8. The summed E-state index contributed by atoms with van der Waals surface area (Å²) in [5.41, 5.74) is 0.439. The average molecular weight is 411 g/mol. The Balaban J connectivity index is 1.90. The van der Waals surface area contributed by atoms with Crippen molar-refractivity contribution in [2.24, 2.45) is 0 Å². The summed E-state index contributed by atoms with van der Waals surface area (Å²) in [5, 5.41) is 0. The molecular formula is C18H22N2O5S2. The summed E-state index contributed by atoms with van der Waals surface area (Å²) in [6, 6.07) is 9.34. The van der Waals surface area contributed by atoms with E-state index >= 15 is 0 Å². The minimum absolute atomic E-state index is 0.165. The van der Waals surface area contributed by atoms with Gasteiger partial charge in [-0.05, 0) is 49.2 Å². The average Bonchev–Trinajstić information content (AvgIpc) is 2.67. The number of hydrogen-bond donors (Lipinski definition) is 0. The van der Waals surface area contributed by atoms with Gasteiger partial charge >= 0.3 is 0 Å². The summed E-state index contributed by atoms with van der Waals surface area (Å²) in [6.45, 7) is 0.597. The first kappa shape index (κ1) is 19.8. The summed E-state index contributed by atoms with van der Waals surface area (Å²) in [7, 11) is -5.60. The summed E-state index contributed by atoms with van der Waals surface area (Å²) in [5.74, 6) is 0.314. The largest absolute Gasteiger partial charge is 0.497 e. The van der Waals surface area contributed by atoms with E-state index in [1.54, 1.807) is 24.4 Å². The van der Waals surface area contributed by atoms with Gasteiger partial charge in [-0.15, -0.1) is 0 Å². The van der Waals surface area contributed by atoms with Crippen molar-refractivity contribution in [3.8, 4) is 5.75 Å². The van der Waals surface area contributed by atoms with E-state index in [0.717, 1.165) is 6.26 Å². The van der Waals surface area contributed by atoms with E-state index in [0.29, 0.717) is 30.8 Å². The lowest BCUT2D eigenvalue weighted by molar-refractivity contribution is 0.310. The van der Waals surface area contributed by atoms with Crippen LogP contribution in [0.3, 0.4) is 0 Å². The lowest BCUT2D eigenvalue weighted by Gasteiger charge is -2.32. The second kappa shape index (κ2) is 7.57. The summed E-state index contributed by atoms with van der Waals surface area (Å²) >= 11 is 0. The van der Waals surface area contributed by atoms with Gasteiger partial charge in [0.25, 0.3) is 0 Å². The first-order valence-corrected chi connectivity index (χ1v) is 11.9. The maximum absolute atomic E-state index is 13.0. The van der Waals surface area contributed by atoms with Gasteiger partial charge in [0, 0.05) is 31.5 Å². The molecule has 0 saturated carbocycles. The monoisotopic (exact) mass is 410 g/mol. The van der Waals surface area contributed by atoms with Crippen molar-refractivity contribution in [2.45, 2.75) is 28.6 Å². The molecule has 1 atom stereocenters. The molecule has 1 aliphatic rings. The van der Waals surface area contributed by atoms with E-state index in [1.165, 1.54) is 29.6 Å². The van der Waals surface area contributed by atoms with Crippen LogP contribution in [0.1, 0.15) is 24.5 Å². The molecule has 1 fully saturated rings. The van der Waals surface area contributed by atoms with Gasteiger partial charge in [-0.1, -0.05) is 0 Å². The molecule has 146 valence electrons. The second-order valence-electron chi connectivity index (χ2n) is 6.54. The van der Waals surface area contributed by atoms with E-state index in [2.05, 4.69) is 4.98 Å². The fourth-order valence-corrected chi connectivity index (χ4v) is 5.75. The number of aromatic nitrogens is 1. The van der Waals surface area contributed by atoms with Crippen LogP contribution in [0.5, 0.6) is 5.75 Å². The molecule has 3 rings (SSSR count). The van der Waals surface area contributed by atoms with Crippen molar-refractivity contribution in [1.29, 1.82) is 0 Å². The van der Waals surface area contributed by atoms with Crippen molar-refractivity contribution in [2.75, 3.05) is 26.5 Å². The van der Waals surface area contributed by atoms with Crippen molar-refractivity contribution >= 4 is 19.9 Å². The fraction of sp³-hybridized carbons (Fsp3) is 0.389. The van der Waals surface area contributed by atoms with Crippen LogP contribution in [0.4, 0.5) is 0 Å². The van der Waals surface area contributed by atoms with Crippen molar-refractivity contribution in [1.82, 2.24) is 9.29 Å². The van der Waals surface area contributed by atoms with Crippen LogP contribution in [-0.2, 0) is 19.9 Å². The number of methoxy groups -OCH3 is 1. The third kappa shape index (κ3) is 4.15. The molecule has 0 bridgehead atoms. The number of sulfonamides is 1. The van der Waals surface area contributed by atoms with Gasteiger partial charge in [0.1, 0.15) is 5.75 Å². The second-order valence-corrected chi connectivity index (χ2v) is 10.5. The quantitative estimate of drug-likeness (QED) is 0.749. The summed E-state index contributed by atoms with van der Waals surface area (Å²) < 4.78 is 56.6. The molecule has 0 N–H and O–H groups in total. The van der Waals surface area contributed by atoms with E-state index in [1.807, 2.05) is 0 Å². The molecule has 0 aliphatic carbocycles. The predicted octanol–water partition coefficient (Wildman–Crippen LogP) is 2.06. The lowest BCUT2D eigenvalue weighted by Crippen LogP contribution is -2.39. The number of benzene rings is 1. The minimum Gasteiger partial charge on any atom is -0.497 e. The molecule has 0 radical (unpaired) electrons. The molecule has 1 aliphatic heterocycles. The standard InChI is InChI=1S/C18H22N2O5S2/c1-25-15-7-9-16(10-8-15)27(23,24)20-12-4-5-14(13-20)18-17(26(2,21)22)6-3-11-19-18/h3,6-11,14H,4-5,12-13H2,1-2H3/t14-/m1/s1. The van der Waals surface area contributed by atoms with Crippen LogP contribution in [0, 0.1) is 0 Å². The third-order valence-electron chi connectivity index (χ3n) is 4.67. The number of piperidine rings is 1. The Hall–Kier alpha value is -1.97. The normalized spacial score (nSPS) is 19.0. The Morgan fingerprint density at radius 2 is 1.81 bits per heavy atom. The molecule has 0 spiro atoms. The van der Waals surface area contributed by atoms with E-state index in [4.69, 9.17) is 4.74 Å². The maximum atomic E-state index is 13.0. The van der Waals surface area contributed by atoms with E-state index in [9.17, 15) is 16.8 Å². The zero-order chi connectivity index (χ0) is 19.7. The summed E-state index contributed by atoms with van der Waals surface area (Å²) in [4.78, 5) is 4.62. The number of nitrogens with zero attached hydrogens (tertiary/aromatic N) is 2. The molecule has 1 saturated heterocycles. The topological polar surface area (TPSA) is 93.6 Å². The highest BCUT2D eigenvalue weighted by Gasteiger charge is 2.33. The van der Waals surface area contributed by atoms with Gasteiger partial charge in [0.05, 0.1) is 22.6 Å². The van der Waals surface area contributed by atoms with Gasteiger partial charge in [-0.3, -0.25) is 4.98 Å². The molecule has 0 unspecified atom stereocenters. The van der Waals surface area contributed by atoms with Gasteiger partial charge in [-0.25, -0.2) is 16.8 Å². The molecule has 1 aromatic carbocycles. The first-order valence-electron chi connectivity index (χ1n) is 8.52. The SMILES string of the molecule is COc1ccc(S(=O)(=O)N2CCC[C@@H](c3ncccc3S(C)(=O)=O)C2)cc1. The number of pyridine rings is 1. The summed E-state index contributed by atoms with van der Waals surface area (Å²) in [6.07, 6.45) is 4.01. The molecule has 27 heavy (non-hydrogen) atoms. The zero-order valence-electron chi connectivity index (χ0n) is 15.2. The smallest absolute Gasteiger partial charge is 0.243 e. The minimum atomic E-state index is -3.68. The Labute approximate surface area is 160 Å².